The summed E-state index contributed by atoms with van der Waals surface area (Å²) in [5.41, 5.74) is 4.36. The van der Waals surface area contributed by atoms with Crippen LogP contribution < -0.4 is 5.44 Å². The van der Waals surface area contributed by atoms with Crippen molar-refractivity contribution in [1.82, 2.24) is 9.13 Å². The summed E-state index contributed by atoms with van der Waals surface area (Å²) in [6, 6.07) is 30.6. The normalized spacial score (nSPS) is 45.8. The van der Waals surface area contributed by atoms with E-state index >= 15 is 0 Å². The highest BCUT2D eigenvalue weighted by Crippen LogP contribution is 2.81. The Morgan fingerprint density at radius 1 is 0.338 bits per heavy atom. The van der Waals surface area contributed by atoms with Crippen LogP contribution in [0.25, 0.3) is 11.4 Å². The molecule has 65 heavy (non-hydrogen) atoms. The van der Waals surface area contributed by atoms with Crippen molar-refractivity contribution in [3.05, 3.63) is 104 Å². The van der Waals surface area contributed by atoms with E-state index in [1.54, 1.807) is 121 Å². The van der Waals surface area contributed by atoms with Crippen LogP contribution in [0.5, 0.6) is 0 Å². The van der Waals surface area contributed by atoms with E-state index in [1.165, 1.54) is 49.9 Å². The first-order valence-electron chi connectivity index (χ1n) is 27.4. The molecule has 16 aliphatic rings. The standard InChI is InChI=1S/C30H38NP.C20H30ClP.C10H9N/c1-2-5-27(6-3-1)31-8-4-7-28(31)32(29-15-21-9-22(16-29)11-23(10-21)17-29)30-18-24-12-25(19-30)14-26(13-24)20-30;21-22(19-7-13-1-14(8-19)3-15(2-13)9-19)20-10-16-4-17(11-20)6-18(5-16)12-20;1-2-6-10(7-3-1)11-8-4-5-9-11/h1-8,21-26H,9-20H2;13-18H,1-12H2;1-9H. The van der Waals surface area contributed by atoms with Crippen LogP contribution in [0.2, 0.25) is 0 Å². The molecule has 2 aromatic carbocycles. The van der Waals surface area contributed by atoms with Gasteiger partial charge in [-0.1, -0.05) is 47.6 Å². The molecule has 2 aromatic heterocycles. The van der Waals surface area contributed by atoms with Crippen LogP contribution in [-0.4, -0.2) is 29.8 Å². The van der Waals surface area contributed by atoms with E-state index in [4.69, 9.17) is 11.2 Å². The Morgan fingerprint density at radius 3 is 0.985 bits per heavy atom. The first-order chi connectivity index (χ1) is 31.8. The van der Waals surface area contributed by atoms with Crippen molar-refractivity contribution in [3.63, 3.8) is 0 Å². The quantitative estimate of drug-likeness (QED) is 0.164. The Hall–Kier alpha value is -1.85. The Kier molecular flexibility index (Phi) is 10.4. The Morgan fingerprint density at radius 2 is 0.646 bits per heavy atom. The summed E-state index contributed by atoms with van der Waals surface area (Å²) in [4.78, 5) is 0. The third-order valence-corrected chi connectivity index (χ3v) is 30.2. The van der Waals surface area contributed by atoms with Gasteiger partial charge in [0.25, 0.3) is 0 Å². The van der Waals surface area contributed by atoms with E-state index in [9.17, 15) is 0 Å². The highest BCUT2D eigenvalue weighted by Gasteiger charge is 2.65. The van der Waals surface area contributed by atoms with Gasteiger partial charge in [-0.15, -0.1) is 0 Å². The topological polar surface area (TPSA) is 9.86 Å². The molecule has 0 radical (unpaired) electrons. The van der Waals surface area contributed by atoms with E-state index in [1.807, 2.05) is 42.7 Å². The lowest BCUT2D eigenvalue weighted by Crippen LogP contribution is -2.58. The number of hydrogen-bond donors (Lipinski definition) is 0. The molecule has 16 fully saturated rings. The van der Waals surface area contributed by atoms with Crippen LogP contribution in [-0.2, 0) is 0 Å². The zero-order chi connectivity index (χ0) is 43.0. The second kappa shape index (κ2) is 16.1. The van der Waals surface area contributed by atoms with Crippen molar-refractivity contribution < 1.29 is 0 Å². The smallest absolute Gasteiger partial charge is 0.0469 e. The van der Waals surface area contributed by atoms with Crippen LogP contribution in [0.1, 0.15) is 154 Å². The second-order valence-electron chi connectivity index (χ2n) is 26.2. The largest absolute Gasteiger partial charge is 0.324 e. The molecule has 344 valence electrons. The van der Waals surface area contributed by atoms with Crippen LogP contribution in [0.4, 0.5) is 0 Å². The predicted molar refractivity (Wildman–Crippen MR) is 274 cm³/mol. The second-order valence-corrected chi connectivity index (χ2v) is 32.7. The van der Waals surface area contributed by atoms with E-state index in [2.05, 4.69) is 69.9 Å². The Labute approximate surface area is 399 Å². The summed E-state index contributed by atoms with van der Waals surface area (Å²) in [6.07, 6.45) is 44.0. The van der Waals surface area contributed by atoms with Crippen LogP contribution in [0, 0.1) is 71.0 Å². The maximum atomic E-state index is 7.59. The molecule has 0 amide bonds. The van der Waals surface area contributed by atoms with Gasteiger partial charge in [0, 0.05) is 53.0 Å². The number of para-hydroxylation sites is 2. The Bertz CT molecular complexity index is 2080. The minimum absolute atomic E-state index is 0.148. The van der Waals surface area contributed by atoms with E-state index < -0.39 is 0 Å². The molecule has 0 spiro atoms. The molecule has 0 saturated heterocycles. The average molecular weight is 924 g/mol. The lowest BCUT2D eigenvalue weighted by atomic mass is 9.55. The molecule has 2 nitrogen and oxygen atoms in total. The molecule has 20 rings (SSSR count). The van der Waals surface area contributed by atoms with Gasteiger partial charge >= 0.3 is 0 Å². The zero-order valence-corrected chi connectivity index (χ0v) is 41.9. The molecule has 16 aliphatic carbocycles. The minimum Gasteiger partial charge on any atom is -0.324 e. The summed E-state index contributed by atoms with van der Waals surface area (Å²) in [7, 11) is -0.405. The molecular formula is C60H77ClN2P2. The predicted octanol–water partition coefficient (Wildman–Crippen LogP) is 16.6. The maximum Gasteiger partial charge on any atom is 0.0469 e. The first kappa shape index (κ1) is 42.1. The van der Waals surface area contributed by atoms with Gasteiger partial charge in [-0.2, -0.15) is 0 Å². The highest BCUT2D eigenvalue weighted by atomic mass is 35.7. The summed E-state index contributed by atoms with van der Waals surface area (Å²) >= 11 is 7.59. The molecule has 16 bridgehead atoms. The molecule has 2 heterocycles. The summed E-state index contributed by atoms with van der Waals surface area (Å²) in [5, 5.41) is 2.58. The molecule has 0 aliphatic heterocycles. The minimum atomic E-state index is -0.257. The lowest BCUT2D eigenvalue weighted by Gasteiger charge is -2.67. The Balaban J connectivity index is 0.000000106. The number of aromatic nitrogens is 2. The van der Waals surface area contributed by atoms with E-state index in [0.29, 0.717) is 20.6 Å². The van der Waals surface area contributed by atoms with Gasteiger partial charge < -0.3 is 9.13 Å². The fourth-order valence-electron chi connectivity index (χ4n) is 21.2. The van der Waals surface area contributed by atoms with Crippen molar-refractivity contribution in [1.29, 1.82) is 0 Å². The van der Waals surface area contributed by atoms with Crippen LogP contribution in [0.15, 0.2) is 104 Å². The van der Waals surface area contributed by atoms with Crippen LogP contribution in [0.3, 0.4) is 0 Å². The first-order valence-corrected chi connectivity index (χ1v) is 31.0. The number of hydrogen-bond acceptors (Lipinski definition) is 0. The van der Waals surface area contributed by atoms with Crippen molar-refractivity contribution in [2.75, 3.05) is 0 Å². The highest BCUT2D eigenvalue weighted by molar-refractivity contribution is 7.86. The zero-order valence-electron chi connectivity index (χ0n) is 39.4. The summed E-state index contributed by atoms with van der Waals surface area (Å²) < 4.78 is 4.74. The van der Waals surface area contributed by atoms with Gasteiger partial charge in [-0.25, -0.2) is 0 Å². The SMILES string of the molecule is ClP(C12CC3CC(CC(C3)C1)C2)C12CC3CC(CC(C3)C1)C2.c1ccc(-n2cccc2)cc1.c1ccc(-n2cccc2P(C23CC4CC(CC(C4)C2)C3)C23CC4CC(CC(C4)C2)C3)cc1. The average Bonchev–Trinajstić information content (AvgIpc) is 3.99. The van der Waals surface area contributed by atoms with Crippen LogP contribution >= 0.6 is 26.4 Å². The third kappa shape index (κ3) is 7.33. The van der Waals surface area contributed by atoms with Gasteiger partial charge in [-0.05, 0) is 292 Å². The molecule has 4 aromatic rings. The van der Waals surface area contributed by atoms with Gasteiger partial charge in [0.15, 0.2) is 0 Å². The number of halogens is 1. The van der Waals surface area contributed by atoms with E-state index in [0.717, 1.165) is 71.0 Å². The number of rotatable bonds is 7. The van der Waals surface area contributed by atoms with Crippen molar-refractivity contribution in [2.24, 2.45) is 71.0 Å². The maximum absolute atomic E-state index is 7.59. The molecule has 5 heteroatoms. The number of benzene rings is 2. The third-order valence-electron chi connectivity index (χ3n) is 21.5. The van der Waals surface area contributed by atoms with Gasteiger partial charge in [0.05, 0.1) is 0 Å². The molecule has 0 N–H and O–H groups in total. The molecule has 16 saturated carbocycles. The molecular weight excluding hydrogens is 846 g/mol. The van der Waals surface area contributed by atoms with Crippen molar-refractivity contribution in [2.45, 2.75) is 175 Å². The number of nitrogens with zero attached hydrogens (tertiary/aromatic N) is 2. The fraction of sp³-hybridized carbons (Fsp3) is 0.667. The van der Waals surface area contributed by atoms with E-state index in [-0.39, 0.29) is 15.2 Å². The fourth-order valence-corrected chi connectivity index (χ4v) is 31.3. The summed E-state index contributed by atoms with van der Waals surface area (Å²) in [6.45, 7) is 0. The lowest BCUT2D eigenvalue weighted by molar-refractivity contribution is 0.0194. The van der Waals surface area contributed by atoms with Crippen molar-refractivity contribution >= 4 is 31.9 Å². The monoisotopic (exact) mass is 923 g/mol. The van der Waals surface area contributed by atoms with Gasteiger partial charge in [-0.3, -0.25) is 0 Å². The van der Waals surface area contributed by atoms with Crippen molar-refractivity contribution in [3.8, 4) is 11.4 Å². The van der Waals surface area contributed by atoms with Gasteiger partial charge in [0.1, 0.15) is 0 Å². The summed E-state index contributed by atoms with van der Waals surface area (Å²) in [5.74, 6) is 12.8. The molecule has 0 atom stereocenters. The molecule has 0 unspecified atom stereocenters. The van der Waals surface area contributed by atoms with Gasteiger partial charge in [0.2, 0.25) is 0 Å².